The van der Waals surface area contributed by atoms with Gasteiger partial charge in [-0.3, -0.25) is 9.59 Å². The fraction of sp³-hybridized carbons (Fsp3) is 0.750. The maximum absolute atomic E-state index is 11.5. The number of ether oxygens (including phenoxy) is 1. The van der Waals surface area contributed by atoms with Gasteiger partial charge in [0.2, 0.25) is 5.91 Å². The fourth-order valence-electron chi connectivity index (χ4n) is 1.87. The Morgan fingerprint density at radius 1 is 1.56 bits per heavy atom. The lowest BCUT2D eigenvalue weighted by Gasteiger charge is -2.20. The van der Waals surface area contributed by atoms with Gasteiger partial charge in [0.05, 0.1) is 13.2 Å². The van der Waals surface area contributed by atoms with Crippen molar-refractivity contribution in [3.8, 4) is 0 Å². The van der Waals surface area contributed by atoms with Gasteiger partial charge in [-0.15, -0.1) is 0 Å². The molecule has 102 valence electrons. The number of thioether (sulfide) groups is 1. The van der Waals surface area contributed by atoms with E-state index in [9.17, 15) is 14.4 Å². The minimum absolute atomic E-state index is 0.0715. The van der Waals surface area contributed by atoms with E-state index < -0.39 is 0 Å². The lowest BCUT2D eigenvalue weighted by molar-refractivity contribution is -0.140. The van der Waals surface area contributed by atoms with E-state index in [2.05, 4.69) is 4.74 Å². The zero-order valence-corrected chi connectivity index (χ0v) is 11.4. The van der Waals surface area contributed by atoms with Crippen molar-refractivity contribution in [2.24, 2.45) is 0 Å². The second-order valence-electron chi connectivity index (χ2n) is 4.12. The number of carbonyl (C=O) groups is 3. The van der Waals surface area contributed by atoms with Crippen LogP contribution in [-0.4, -0.2) is 54.3 Å². The summed E-state index contributed by atoms with van der Waals surface area (Å²) in [6.07, 6.45) is 3.20. The third-order valence-electron chi connectivity index (χ3n) is 2.91. The molecule has 1 heterocycles. The summed E-state index contributed by atoms with van der Waals surface area (Å²) in [5.41, 5.74) is 0. The van der Waals surface area contributed by atoms with Gasteiger partial charge in [0, 0.05) is 25.1 Å². The molecule has 0 aliphatic carbocycles. The minimum atomic E-state index is -0.229. The van der Waals surface area contributed by atoms with Gasteiger partial charge in [-0.1, -0.05) is 0 Å². The van der Waals surface area contributed by atoms with Crippen LogP contribution in [0.25, 0.3) is 0 Å². The first kappa shape index (κ1) is 15.0. The molecule has 0 bridgehead atoms. The number of nitrogens with zero attached hydrogens (tertiary/aromatic N) is 1. The molecule has 0 spiro atoms. The topological polar surface area (TPSA) is 63.7 Å². The Kier molecular flexibility index (Phi) is 6.78. The molecule has 1 fully saturated rings. The monoisotopic (exact) mass is 273 g/mol. The van der Waals surface area contributed by atoms with Crippen molar-refractivity contribution in [2.45, 2.75) is 31.7 Å². The summed E-state index contributed by atoms with van der Waals surface area (Å²) in [5, 5.41) is 0. The Hall–Kier alpha value is -1.04. The molecule has 18 heavy (non-hydrogen) atoms. The average Bonchev–Trinajstić information content (AvgIpc) is 2.74. The number of hydrogen-bond acceptors (Lipinski definition) is 5. The number of esters is 1. The predicted molar refractivity (Wildman–Crippen MR) is 69.4 cm³/mol. The lowest BCUT2D eigenvalue weighted by atomic mass is 10.2. The van der Waals surface area contributed by atoms with Crippen LogP contribution in [0, 0.1) is 0 Å². The summed E-state index contributed by atoms with van der Waals surface area (Å²) < 4.78 is 4.54. The van der Waals surface area contributed by atoms with Crippen molar-refractivity contribution in [1.82, 2.24) is 4.90 Å². The quantitative estimate of drug-likeness (QED) is 0.373. The van der Waals surface area contributed by atoms with Gasteiger partial charge in [0.1, 0.15) is 6.29 Å². The van der Waals surface area contributed by atoms with Gasteiger partial charge in [-0.05, 0) is 18.6 Å². The summed E-state index contributed by atoms with van der Waals surface area (Å²) in [7, 11) is 1.38. The van der Waals surface area contributed by atoms with Crippen LogP contribution in [-0.2, 0) is 19.1 Å². The number of amides is 1. The van der Waals surface area contributed by atoms with Gasteiger partial charge in [-0.2, -0.15) is 11.8 Å². The molecule has 0 radical (unpaired) electrons. The van der Waals surface area contributed by atoms with E-state index in [1.54, 1.807) is 16.7 Å². The summed E-state index contributed by atoms with van der Waals surface area (Å²) in [6, 6.07) is -0.229. The normalized spacial score (nSPS) is 19.1. The Balaban J connectivity index is 2.08. The number of rotatable bonds is 8. The Morgan fingerprint density at radius 3 is 3.00 bits per heavy atom. The molecule has 1 atom stereocenters. The molecule has 5 nitrogen and oxygen atoms in total. The highest BCUT2D eigenvalue weighted by Gasteiger charge is 2.29. The highest BCUT2D eigenvalue weighted by Crippen LogP contribution is 2.17. The van der Waals surface area contributed by atoms with Gasteiger partial charge < -0.3 is 14.4 Å². The molecule has 1 aliphatic rings. The number of likely N-dealkylation sites (tertiary alicyclic amines) is 1. The van der Waals surface area contributed by atoms with Gasteiger partial charge >= 0.3 is 5.97 Å². The van der Waals surface area contributed by atoms with E-state index in [1.165, 1.54) is 7.11 Å². The van der Waals surface area contributed by atoms with Crippen molar-refractivity contribution in [3.05, 3.63) is 0 Å². The van der Waals surface area contributed by atoms with Crippen molar-refractivity contribution in [2.75, 3.05) is 25.2 Å². The highest BCUT2D eigenvalue weighted by atomic mass is 32.2. The van der Waals surface area contributed by atoms with Crippen LogP contribution >= 0.6 is 11.8 Å². The summed E-state index contributed by atoms with van der Waals surface area (Å²) >= 11 is 1.69. The van der Waals surface area contributed by atoms with Crippen LogP contribution in [0.2, 0.25) is 0 Å². The van der Waals surface area contributed by atoms with Crippen LogP contribution < -0.4 is 0 Å². The van der Waals surface area contributed by atoms with Crippen molar-refractivity contribution < 1.29 is 19.1 Å². The average molecular weight is 273 g/mol. The number of aldehydes is 1. The van der Waals surface area contributed by atoms with E-state index in [0.29, 0.717) is 25.8 Å². The molecular formula is C12H19NO4S. The third-order valence-corrected chi connectivity index (χ3v) is 3.95. The van der Waals surface area contributed by atoms with E-state index >= 15 is 0 Å². The Labute approximate surface area is 111 Å². The summed E-state index contributed by atoms with van der Waals surface area (Å²) in [4.78, 5) is 34.8. The summed E-state index contributed by atoms with van der Waals surface area (Å²) in [6.45, 7) is 0.616. The SMILES string of the molecule is COC(=O)CCCSCCN1C(=O)CCC1C=O. The molecule has 0 saturated carbocycles. The Bertz CT molecular complexity index is 308. The first-order valence-corrected chi connectivity index (χ1v) is 7.24. The van der Waals surface area contributed by atoms with Crippen LogP contribution in [0.3, 0.4) is 0 Å². The number of methoxy groups -OCH3 is 1. The molecule has 1 unspecified atom stereocenters. The molecule has 0 aromatic rings. The van der Waals surface area contributed by atoms with E-state index in [0.717, 1.165) is 24.2 Å². The second kappa shape index (κ2) is 8.13. The first-order valence-electron chi connectivity index (χ1n) is 6.08. The van der Waals surface area contributed by atoms with Crippen molar-refractivity contribution in [3.63, 3.8) is 0 Å². The standard InChI is InChI=1S/C12H19NO4S/c1-17-12(16)3-2-7-18-8-6-13-10(9-14)4-5-11(13)15/h9-10H,2-8H2,1H3. The maximum Gasteiger partial charge on any atom is 0.305 e. The smallest absolute Gasteiger partial charge is 0.305 e. The number of carbonyl (C=O) groups excluding carboxylic acids is 3. The summed E-state index contributed by atoms with van der Waals surface area (Å²) in [5.74, 6) is 1.55. The molecule has 1 aliphatic heterocycles. The number of hydrogen-bond donors (Lipinski definition) is 0. The van der Waals surface area contributed by atoms with E-state index in [4.69, 9.17) is 0 Å². The zero-order valence-electron chi connectivity index (χ0n) is 10.6. The second-order valence-corrected chi connectivity index (χ2v) is 5.35. The van der Waals surface area contributed by atoms with Crippen LogP contribution in [0.15, 0.2) is 0 Å². The first-order chi connectivity index (χ1) is 8.69. The fourth-order valence-corrected chi connectivity index (χ4v) is 2.75. The minimum Gasteiger partial charge on any atom is -0.469 e. The van der Waals surface area contributed by atoms with Gasteiger partial charge in [-0.25, -0.2) is 0 Å². The van der Waals surface area contributed by atoms with Crippen LogP contribution in [0.5, 0.6) is 0 Å². The Morgan fingerprint density at radius 2 is 2.33 bits per heavy atom. The van der Waals surface area contributed by atoms with Crippen molar-refractivity contribution >= 4 is 29.9 Å². The third kappa shape index (κ3) is 4.68. The molecule has 0 aromatic carbocycles. The van der Waals surface area contributed by atoms with Crippen LogP contribution in [0.1, 0.15) is 25.7 Å². The van der Waals surface area contributed by atoms with E-state index in [-0.39, 0.29) is 17.9 Å². The highest BCUT2D eigenvalue weighted by molar-refractivity contribution is 7.99. The lowest BCUT2D eigenvalue weighted by Crippen LogP contribution is -2.35. The molecule has 1 saturated heterocycles. The van der Waals surface area contributed by atoms with Crippen LogP contribution in [0.4, 0.5) is 0 Å². The molecular weight excluding hydrogens is 254 g/mol. The van der Waals surface area contributed by atoms with Crippen molar-refractivity contribution in [1.29, 1.82) is 0 Å². The largest absolute Gasteiger partial charge is 0.469 e. The maximum atomic E-state index is 11.5. The zero-order chi connectivity index (χ0) is 13.4. The predicted octanol–water partition coefficient (Wildman–Crippen LogP) is 0.863. The molecule has 1 rings (SSSR count). The molecule has 6 heteroatoms. The molecule has 0 aromatic heterocycles. The van der Waals surface area contributed by atoms with E-state index in [1.807, 2.05) is 0 Å². The van der Waals surface area contributed by atoms with Gasteiger partial charge in [0.15, 0.2) is 0 Å². The van der Waals surface area contributed by atoms with Gasteiger partial charge in [0.25, 0.3) is 0 Å². The molecule has 1 amide bonds. The molecule has 0 N–H and O–H groups in total.